The van der Waals surface area contributed by atoms with Crippen molar-refractivity contribution in [2.75, 3.05) is 24.5 Å². The average Bonchev–Trinajstić information content (AvgIpc) is 3.22. The van der Waals surface area contributed by atoms with Gasteiger partial charge in [-0.3, -0.25) is 9.48 Å². The summed E-state index contributed by atoms with van der Waals surface area (Å²) in [5.41, 5.74) is 1.62. The molecule has 4 heterocycles. The topological polar surface area (TPSA) is 71.6 Å². The molecule has 0 saturated carbocycles. The van der Waals surface area contributed by atoms with E-state index in [1.54, 1.807) is 29.5 Å². The highest BCUT2D eigenvalue weighted by Gasteiger charge is 2.30. The second kappa shape index (κ2) is 5.63. The molecule has 0 spiro atoms. The number of aryl methyl sites for hydroxylation is 1. The van der Waals surface area contributed by atoms with Crippen LogP contribution in [-0.2, 0) is 7.05 Å². The summed E-state index contributed by atoms with van der Waals surface area (Å²) in [6, 6.07) is 2.05. The van der Waals surface area contributed by atoms with Gasteiger partial charge in [0.2, 0.25) is 0 Å². The highest BCUT2D eigenvalue weighted by atomic mass is 16.2. The maximum atomic E-state index is 12.7. The number of piperazine rings is 1. The molecule has 0 N–H and O–H groups in total. The number of aromatic nitrogens is 5. The maximum absolute atomic E-state index is 12.7. The molecule has 1 unspecified atom stereocenters. The molecule has 0 aliphatic carbocycles. The van der Waals surface area contributed by atoms with Crippen LogP contribution in [-0.4, -0.2) is 60.9 Å². The number of carbonyl (C=O) groups excluding carboxylic acids is 1. The van der Waals surface area contributed by atoms with E-state index in [9.17, 15) is 4.79 Å². The lowest BCUT2D eigenvalue weighted by molar-refractivity contribution is 0.0674. The van der Waals surface area contributed by atoms with Gasteiger partial charge in [-0.15, -0.1) is 0 Å². The van der Waals surface area contributed by atoms with Crippen LogP contribution < -0.4 is 4.90 Å². The predicted octanol–water partition coefficient (Wildman–Crippen LogP) is 0.814. The van der Waals surface area contributed by atoms with Gasteiger partial charge in [0, 0.05) is 51.3 Å². The van der Waals surface area contributed by atoms with E-state index in [1.165, 1.54) is 0 Å². The third kappa shape index (κ3) is 2.40. The Morgan fingerprint density at radius 3 is 2.88 bits per heavy atom. The fraction of sp³-hybridized carbons (Fsp3) is 0.375. The Kier molecular flexibility index (Phi) is 3.44. The minimum atomic E-state index is 0.0331. The summed E-state index contributed by atoms with van der Waals surface area (Å²) in [7, 11) is 1.82. The van der Waals surface area contributed by atoms with Gasteiger partial charge in [-0.25, -0.2) is 9.50 Å². The van der Waals surface area contributed by atoms with E-state index in [2.05, 4.69) is 27.0 Å². The summed E-state index contributed by atoms with van der Waals surface area (Å²) in [4.78, 5) is 21.3. The van der Waals surface area contributed by atoms with Gasteiger partial charge in [0.25, 0.3) is 5.91 Å². The zero-order valence-electron chi connectivity index (χ0n) is 13.7. The van der Waals surface area contributed by atoms with Crippen molar-refractivity contribution in [3.63, 3.8) is 0 Å². The van der Waals surface area contributed by atoms with Crippen molar-refractivity contribution < 1.29 is 4.79 Å². The fourth-order valence-electron chi connectivity index (χ4n) is 3.24. The number of rotatable bonds is 2. The van der Waals surface area contributed by atoms with Crippen molar-refractivity contribution in [2.24, 2.45) is 7.05 Å². The van der Waals surface area contributed by atoms with E-state index in [-0.39, 0.29) is 11.9 Å². The Labute approximate surface area is 139 Å². The Morgan fingerprint density at radius 2 is 2.12 bits per heavy atom. The fourth-order valence-corrected chi connectivity index (χ4v) is 3.24. The van der Waals surface area contributed by atoms with Crippen molar-refractivity contribution in [3.05, 3.63) is 42.6 Å². The summed E-state index contributed by atoms with van der Waals surface area (Å²) in [6.07, 6.45) is 8.75. The highest BCUT2D eigenvalue weighted by Crippen LogP contribution is 2.22. The first-order valence-corrected chi connectivity index (χ1v) is 7.96. The second-order valence-electron chi connectivity index (χ2n) is 6.11. The van der Waals surface area contributed by atoms with Crippen LogP contribution in [0.15, 0.2) is 37.1 Å². The molecule has 124 valence electrons. The van der Waals surface area contributed by atoms with Crippen LogP contribution in [0.2, 0.25) is 0 Å². The van der Waals surface area contributed by atoms with E-state index < -0.39 is 0 Å². The summed E-state index contributed by atoms with van der Waals surface area (Å²) in [6.45, 7) is 4.21. The zero-order valence-corrected chi connectivity index (χ0v) is 13.7. The molecule has 1 atom stereocenters. The largest absolute Gasteiger partial charge is 0.351 e. The number of nitrogens with zero attached hydrogens (tertiary/aromatic N) is 7. The lowest BCUT2D eigenvalue weighted by Crippen LogP contribution is -2.54. The van der Waals surface area contributed by atoms with Crippen LogP contribution in [0, 0.1) is 0 Å². The Balaban J connectivity index is 1.54. The van der Waals surface area contributed by atoms with Crippen LogP contribution in [0.3, 0.4) is 0 Å². The molecule has 0 radical (unpaired) electrons. The molecule has 0 bridgehead atoms. The van der Waals surface area contributed by atoms with Gasteiger partial charge in [0.15, 0.2) is 5.82 Å². The normalized spacial score (nSPS) is 18.3. The monoisotopic (exact) mass is 325 g/mol. The van der Waals surface area contributed by atoms with E-state index >= 15 is 0 Å². The number of carbonyl (C=O) groups is 1. The standard InChI is InChI=1S/C16H19N7O/c1-12-10-21(15-14-3-4-18-23(14)6-5-17-15)7-8-22(12)16(24)13-9-19-20(2)11-13/h3-6,9,11-12H,7-8,10H2,1-2H3. The molecule has 1 fully saturated rings. The molecule has 1 saturated heterocycles. The second-order valence-corrected chi connectivity index (χ2v) is 6.11. The number of hydrogen-bond acceptors (Lipinski definition) is 5. The third-order valence-corrected chi connectivity index (χ3v) is 4.44. The summed E-state index contributed by atoms with van der Waals surface area (Å²) in [5, 5.41) is 8.34. The van der Waals surface area contributed by atoms with E-state index in [0.717, 1.165) is 24.4 Å². The van der Waals surface area contributed by atoms with Crippen molar-refractivity contribution in [3.8, 4) is 0 Å². The molecule has 4 rings (SSSR count). The smallest absolute Gasteiger partial charge is 0.257 e. The molecule has 3 aromatic rings. The number of hydrogen-bond donors (Lipinski definition) is 0. The maximum Gasteiger partial charge on any atom is 0.257 e. The SMILES string of the molecule is CC1CN(c2nccn3nccc23)CCN1C(=O)c1cnn(C)c1. The molecule has 8 nitrogen and oxygen atoms in total. The van der Waals surface area contributed by atoms with Crippen molar-refractivity contribution in [2.45, 2.75) is 13.0 Å². The zero-order chi connectivity index (χ0) is 16.7. The quantitative estimate of drug-likeness (QED) is 0.697. The average molecular weight is 325 g/mol. The molecular formula is C16H19N7O. The van der Waals surface area contributed by atoms with Crippen LogP contribution >= 0.6 is 0 Å². The number of fused-ring (bicyclic) bond motifs is 1. The van der Waals surface area contributed by atoms with Crippen molar-refractivity contribution in [1.82, 2.24) is 29.3 Å². The summed E-state index contributed by atoms with van der Waals surface area (Å²) >= 11 is 0. The number of amides is 1. The minimum absolute atomic E-state index is 0.0331. The molecule has 8 heteroatoms. The first-order chi connectivity index (χ1) is 11.6. The van der Waals surface area contributed by atoms with E-state index in [4.69, 9.17) is 0 Å². The molecular weight excluding hydrogens is 306 g/mol. The Bertz CT molecular complexity index is 883. The van der Waals surface area contributed by atoms with E-state index in [1.807, 2.05) is 28.7 Å². The molecule has 3 aromatic heterocycles. The molecule has 1 aliphatic rings. The minimum Gasteiger partial charge on any atom is -0.351 e. The van der Waals surface area contributed by atoms with Crippen LogP contribution in [0.25, 0.3) is 5.52 Å². The van der Waals surface area contributed by atoms with E-state index in [0.29, 0.717) is 12.1 Å². The van der Waals surface area contributed by atoms with Gasteiger partial charge < -0.3 is 9.80 Å². The lowest BCUT2D eigenvalue weighted by atomic mass is 10.1. The third-order valence-electron chi connectivity index (χ3n) is 4.44. The molecule has 1 amide bonds. The molecule has 24 heavy (non-hydrogen) atoms. The van der Waals surface area contributed by atoms with Crippen molar-refractivity contribution >= 4 is 17.2 Å². The van der Waals surface area contributed by atoms with Gasteiger partial charge in [-0.1, -0.05) is 0 Å². The van der Waals surface area contributed by atoms with Gasteiger partial charge >= 0.3 is 0 Å². The molecule has 0 aromatic carbocycles. The summed E-state index contributed by atoms with van der Waals surface area (Å²) < 4.78 is 3.47. The van der Waals surface area contributed by atoms with Crippen LogP contribution in [0.5, 0.6) is 0 Å². The molecule has 1 aliphatic heterocycles. The van der Waals surface area contributed by atoms with Crippen LogP contribution in [0.1, 0.15) is 17.3 Å². The lowest BCUT2D eigenvalue weighted by Gasteiger charge is -2.40. The summed E-state index contributed by atoms with van der Waals surface area (Å²) in [5.74, 6) is 0.945. The van der Waals surface area contributed by atoms with Gasteiger partial charge in [-0.2, -0.15) is 10.2 Å². The first kappa shape index (κ1) is 14.7. The van der Waals surface area contributed by atoms with Crippen molar-refractivity contribution in [1.29, 1.82) is 0 Å². The number of anilines is 1. The van der Waals surface area contributed by atoms with Crippen LogP contribution in [0.4, 0.5) is 5.82 Å². The predicted molar refractivity (Wildman–Crippen MR) is 88.9 cm³/mol. The van der Waals surface area contributed by atoms with Gasteiger partial charge in [0.1, 0.15) is 5.52 Å². The van der Waals surface area contributed by atoms with Gasteiger partial charge in [-0.05, 0) is 13.0 Å². The first-order valence-electron chi connectivity index (χ1n) is 7.96. The Morgan fingerprint density at radius 1 is 1.25 bits per heavy atom. The van der Waals surface area contributed by atoms with Gasteiger partial charge in [0.05, 0.1) is 18.0 Å². The Hall–Kier alpha value is -2.90. The highest BCUT2D eigenvalue weighted by molar-refractivity contribution is 5.94.